The van der Waals surface area contributed by atoms with E-state index in [-0.39, 0.29) is 19.0 Å². The molecule has 0 spiro atoms. The number of furan rings is 1. The number of rotatable bonds is 7. The summed E-state index contributed by atoms with van der Waals surface area (Å²) < 4.78 is 5.19. The van der Waals surface area contributed by atoms with Crippen molar-refractivity contribution in [1.82, 2.24) is 5.32 Å². The summed E-state index contributed by atoms with van der Waals surface area (Å²) in [5.41, 5.74) is 0.722. The molecule has 0 aliphatic carbocycles. The lowest BCUT2D eigenvalue weighted by molar-refractivity contribution is 0.0665. The zero-order chi connectivity index (χ0) is 15.5. The van der Waals surface area contributed by atoms with Gasteiger partial charge >= 0.3 is 5.97 Å². The first-order chi connectivity index (χ1) is 10.0. The lowest BCUT2D eigenvalue weighted by Gasteiger charge is -2.29. The van der Waals surface area contributed by atoms with E-state index in [9.17, 15) is 15.0 Å². The minimum atomic E-state index is -1.10. The predicted molar refractivity (Wildman–Crippen MR) is 77.2 cm³/mol. The van der Waals surface area contributed by atoms with E-state index in [1.54, 1.807) is 6.07 Å². The third-order valence-electron chi connectivity index (χ3n) is 3.74. The largest absolute Gasteiger partial charge is 0.475 e. The molecule has 0 bridgehead atoms. The van der Waals surface area contributed by atoms with Crippen molar-refractivity contribution in [2.45, 2.75) is 25.4 Å². The fourth-order valence-electron chi connectivity index (χ4n) is 2.11. The molecule has 0 amide bonds. The van der Waals surface area contributed by atoms with Gasteiger partial charge in [-0.1, -0.05) is 13.0 Å². The maximum absolute atomic E-state index is 10.9. The molecule has 0 saturated carbocycles. The van der Waals surface area contributed by atoms with Crippen LogP contribution < -0.4 is 5.32 Å². The van der Waals surface area contributed by atoms with Gasteiger partial charge in [0.1, 0.15) is 5.58 Å². The fraction of sp³-hybridized carbons (Fsp3) is 0.400. The molecular weight excluding hydrogens is 274 g/mol. The lowest BCUT2D eigenvalue weighted by Crippen LogP contribution is -2.50. The molecule has 114 valence electrons. The van der Waals surface area contributed by atoms with Crippen LogP contribution in [0.4, 0.5) is 0 Å². The zero-order valence-corrected chi connectivity index (χ0v) is 11.8. The number of carboxylic acid groups (broad SMARTS) is 1. The number of benzene rings is 1. The van der Waals surface area contributed by atoms with Gasteiger partial charge in [0.2, 0.25) is 5.76 Å². The van der Waals surface area contributed by atoms with Crippen LogP contribution in [-0.4, -0.2) is 40.0 Å². The average molecular weight is 293 g/mol. The van der Waals surface area contributed by atoms with Crippen LogP contribution in [0.1, 0.15) is 29.5 Å². The fourth-order valence-corrected chi connectivity index (χ4v) is 2.11. The Hall–Kier alpha value is -1.89. The Morgan fingerprint density at radius 1 is 1.29 bits per heavy atom. The smallest absolute Gasteiger partial charge is 0.371 e. The van der Waals surface area contributed by atoms with Crippen LogP contribution in [0.15, 0.2) is 28.7 Å². The first-order valence-electron chi connectivity index (χ1n) is 6.76. The highest BCUT2D eigenvalue weighted by atomic mass is 16.4. The van der Waals surface area contributed by atoms with Crippen molar-refractivity contribution in [2.75, 3.05) is 13.2 Å². The summed E-state index contributed by atoms with van der Waals surface area (Å²) >= 11 is 0. The van der Waals surface area contributed by atoms with Crippen LogP contribution in [0.3, 0.4) is 0 Å². The molecule has 0 unspecified atom stereocenters. The molecule has 1 heterocycles. The highest BCUT2D eigenvalue weighted by Crippen LogP contribution is 2.21. The van der Waals surface area contributed by atoms with Gasteiger partial charge in [0.15, 0.2) is 0 Å². The monoisotopic (exact) mass is 293 g/mol. The summed E-state index contributed by atoms with van der Waals surface area (Å²) in [6.07, 6.45) is 0.594. The Balaban J connectivity index is 2.17. The number of hydrogen-bond acceptors (Lipinski definition) is 5. The van der Waals surface area contributed by atoms with Crippen molar-refractivity contribution in [2.24, 2.45) is 0 Å². The van der Waals surface area contributed by atoms with E-state index in [1.165, 1.54) is 6.07 Å². The molecule has 0 atom stereocenters. The second kappa shape index (κ2) is 6.26. The Morgan fingerprint density at radius 2 is 2.00 bits per heavy atom. The van der Waals surface area contributed by atoms with Crippen LogP contribution >= 0.6 is 0 Å². The van der Waals surface area contributed by atoms with Crippen molar-refractivity contribution in [3.63, 3.8) is 0 Å². The van der Waals surface area contributed by atoms with Gasteiger partial charge in [0.05, 0.1) is 18.8 Å². The van der Waals surface area contributed by atoms with Gasteiger partial charge in [0, 0.05) is 11.9 Å². The molecular formula is C15H19NO5. The van der Waals surface area contributed by atoms with Crippen molar-refractivity contribution >= 4 is 16.9 Å². The average Bonchev–Trinajstić information content (AvgIpc) is 2.93. The van der Waals surface area contributed by atoms with Crippen LogP contribution in [-0.2, 0) is 6.54 Å². The Bertz CT molecular complexity index is 622. The third-order valence-corrected chi connectivity index (χ3v) is 3.74. The molecule has 2 aromatic rings. The van der Waals surface area contributed by atoms with E-state index in [0.717, 1.165) is 5.56 Å². The van der Waals surface area contributed by atoms with Crippen molar-refractivity contribution < 1.29 is 24.5 Å². The topological polar surface area (TPSA) is 103 Å². The molecule has 2 rings (SSSR count). The Kier molecular flexibility index (Phi) is 4.62. The second-order valence-corrected chi connectivity index (χ2v) is 5.09. The number of hydrogen-bond donors (Lipinski definition) is 4. The summed E-state index contributed by atoms with van der Waals surface area (Å²) in [5, 5.41) is 31.5. The van der Waals surface area contributed by atoms with Gasteiger partial charge in [-0.15, -0.1) is 0 Å². The third kappa shape index (κ3) is 3.24. The highest BCUT2D eigenvalue weighted by Gasteiger charge is 2.25. The number of aromatic carboxylic acids is 1. The predicted octanol–water partition coefficient (Wildman–Crippen LogP) is 1.35. The van der Waals surface area contributed by atoms with E-state index in [0.29, 0.717) is 23.9 Å². The number of nitrogens with one attached hydrogen (secondary N) is 1. The first-order valence-corrected chi connectivity index (χ1v) is 6.76. The van der Waals surface area contributed by atoms with Crippen LogP contribution in [0.5, 0.6) is 0 Å². The lowest BCUT2D eigenvalue weighted by atomic mass is 9.98. The summed E-state index contributed by atoms with van der Waals surface area (Å²) in [6.45, 7) is 2.03. The van der Waals surface area contributed by atoms with E-state index in [2.05, 4.69) is 5.32 Å². The number of aliphatic hydroxyl groups excluding tert-OH is 2. The maximum atomic E-state index is 10.9. The highest BCUT2D eigenvalue weighted by molar-refractivity contribution is 5.91. The SMILES string of the molecule is CCC(CO)(CO)NCc1ccc2oc(C(=O)O)cc2c1. The van der Waals surface area contributed by atoms with Gasteiger partial charge in [0.25, 0.3) is 0 Å². The molecule has 6 heteroatoms. The molecule has 0 radical (unpaired) electrons. The summed E-state index contributed by atoms with van der Waals surface area (Å²) in [5.74, 6) is -1.19. The van der Waals surface area contributed by atoms with E-state index in [4.69, 9.17) is 9.52 Å². The molecule has 1 aromatic heterocycles. The minimum Gasteiger partial charge on any atom is -0.475 e. The minimum absolute atomic E-state index is 0.0938. The number of aliphatic hydroxyl groups is 2. The van der Waals surface area contributed by atoms with E-state index >= 15 is 0 Å². The van der Waals surface area contributed by atoms with Crippen LogP contribution in [0.25, 0.3) is 11.0 Å². The molecule has 21 heavy (non-hydrogen) atoms. The number of carbonyl (C=O) groups is 1. The van der Waals surface area contributed by atoms with Crippen molar-refractivity contribution in [3.8, 4) is 0 Å². The molecule has 0 saturated heterocycles. The zero-order valence-electron chi connectivity index (χ0n) is 11.8. The molecule has 0 fully saturated rings. The van der Waals surface area contributed by atoms with Gasteiger partial charge in [-0.2, -0.15) is 0 Å². The maximum Gasteiger partial charge on any atom is 0.371 e. The van der Waals surface area contributed by atoms with Crippen molar-refractivity contribution in [1.29, 1.82) is 0 Å². The Morgan fingerprint density at radius 3 is 2.57 bits per heavy atom. The molecule has 4 N–H and O–H groups in total. The van der Waals surface area contributed by atoms with Crippen LogP contribution in [0, 0.1) is 0 Å². The normalized spacial score (nSPS) is 12.0. The standard InChI is InChI=1S/C15H19NO5/c1-2-15(8-17,9-18)16-7-10-3-4-12-11(5-10)6-13(21-12)14(19)20/h3-6,16-18H,2,7-9H2,1H3,(H,19,20). The van der Waals surface area contributed by atoms with Gasteiger partial charge < -0.3 is 25.1 Å². The molecule has 1 aromatic carbocycles. The quantitative estimate of drug-likeness (QED) is 0.614. The molecule has 6 nitrogen and oxygen atoms in total. The number of fused-ring (bicyclic) bond motifs is 1. The van der Waals surface area contributed by atoms with E-state index < -0.39 is 11.5 Å². The molecule has 0 aliphatic rings. The van der Waals surface area contributed by atoms with Crippen molar-refractivity contribution in [3.05, 3.63) is 35.6 Å². The number of carboxylic acids is 1. The Labute approximate surface area is 122 Å². The van der Waals surface area contributed by atoms with E-state index in [1.807, 2.05) is 19.1 Å². The molecule has 0 aliphatic heterocycles. The van der Waals surface area contributed by atoms with Gasteiger partial charge in [-0.25, -0.2) is 4.79 Å². The summed E-state index contributed by atoms with van der Waals surface area (Å²) in [6, 6.07) is 6.84. The van der Waals surface area contributed by atoms with Gasteiger partial charge in [-0.05, 0) is 30.2 Å². The second-order valence-electron chi connectivity index (χ2n) is 5.09. The van der Waals surface area contributed by atoms with Crippen LogP contribution in [0.2, 0.25) is 0 Å². The first kappa shape index (κ1) is 15.5. The summed E-state index contributed by atoms with van der Waals surface area (Å²) in [7, 11) is 0. The van der Waals surface area contributed by atoms with Gasteiger partial charge in [-0.3, -0.25) is 0 Å². The summed E-state index contributed by atoms with van der Waals surface area (Å²) in [4.78, 5) is 10.9.